The molecule has 2 N–H and O–H groups in total. The minimum Gasteiger partial charge on any atom is -0.497 e. The number of hydrogen-bond acceptors (Lipinski definition) is 3. The fourth-order valence-electron chi connectivity index (χ4n) is 3.12. The molecule has 0 aliphatic heterocycles. The molecule has 2 rings (SSSR count). The highest BCUT2D eigenvalue weighted by molar-refractivity contribution is 14.0. The molecule has 1 aliphatic carbocycles. The highest BCUT2D eigenvalue weighted by atomic mass is 127. The van der Waals surface area contributed by atoms with Crippen molar-refractivity contribution in [2.75, 3.05) is 27.0 Å². The number of nitrogens with one attached hydrogen (secondary N) is 2. The number of methoxy groups -OCH3 is 1. The van der Waals surface area contributed by atoms with Gasteiger partial charge in [0, 0.05) is 30.3 Å². The molecule has 142 valence electrons. The standard InChI is InChI=1S/C19H31N3OS.HI/c1-19(2,14-7-6-8-16(11-14)23-4)13-21-18(20-3)22-15-9-10-17(12-15)24-5;/h6-8,11,15,17H,9-10,12-13H2,1-5H3,(H2,20,21,22);1H. The van der Waals surface area contributed by atoms with Crippen LogP contribution in [0.15, 0.2) is 29.3 Å². The first-order valence-electron chi connectivity index (χ1n) is 8.63. The number of hydrogen-bond donors (Lipinski definition) is 2. The molecule has 0 spiro atoms. The third kappa shape index (κ3) is 6.55. The number of ether oxygens (including phenoxy) is 1. The Labute approximate surface area is 174 Å². The maximum atomic E-state index is 5.35. The Morgan fingerprint density at radius 1 is 1.36 bits per heavy atom. The number of nitrogens with zero attached hydrogens (tertiary/aromatic N) is 1. The van der Waals surface area contributed by atoms with Crippen LogP contribution < -0.4 is 15.4 Å². The molecule has 1 aliphatic rings. The Morgan fingerprint density at radius 2 is 2.12 bits per heavy atom. The van der Waals surface area contributed by atoms with Gasteiger partial charge in [0.1, 0.15) is 5.75 Å². The number of thioether (sulfide) groups is 1. The second-order valence-electron chi connectivity index (χ2n) is 7.05. The molecule has 25 heavy (non-hydrogen) atoms. The van der Waals surface area contributed by atoms with Crippen LogP contribution in [0.4, 0.5) is 0 Å². The Balaban J connectivity index is 0.00000312. The molecule has 2 unspecified atom stereocenters. The van der Waals surface area contributed by atoms with Crippen molar-refractivity contribution in [3.63, 3.8) is 0 Å². The van der Waals surface area contributed by atoms with E-state index in [1.165, 1.54) is 24.8 Å². The quantitative estimate of drug-likeness (QED) is 0.369. The van der Waals surface area contributed by atoms with Crippen LogP contribution in [0, 0.1) is 0 Å². The molecule has 2 atom stereocenters. The molecule has 0 radical (unpaired) electrons. The monoisotopic (exact) mass is 477 g/mol. The first-order chi connectivity index (χ1) is 11.5. The lowest BCUT2D eigenvalue weighted by atomic mass is 9.84. The fraction of sp³-hybridized carbons (Fsp3) is 0.632. The summed E-state index contributed by atoms with van der Waals surface area (Å²) in [6.07, 6.45) is 5.95. The van der Waals surface area contributed by atoms with Crippen molar-refractivity contribution in [1.82, 2.24) is 10.6 Å². The molecule has 0 bridgehead atoms. The predicted molar refractivity (Wildman–Crippen MR) is 121 cm³/mol. The minimum atomic E-state index is -0.0103. The minimum absolute atomic E-state index is 0. The van der Waals surface area contributed by atoms with Crippen molar-refractivity contribution in [1.29, 1.82) is 0 Å². The van der Waals surface area contributed by atoms with E-state index < -0.39 is 0 Å². The summed E-state index contributed by atoms with van der Waals surface area (Å²) < 4.78 is 5.35. The topological polar surface area (TPSA) is 45.7 Å². The van der Waals surface area contributed by atoms with Gasteiger partial charge in [-0.05, 0) is 43.2 Å². The molecule has 0 aromatic heterocycles. The van der Waals surface area contributed by atoms with Crippen LogP contribution in [0.1, 0.15) is 38.7 Å². The molecule has 4 nitrogen and oxygen atoms in total. The first-order valence-corrected chi connectivity index (χ1v) is 9.92. The molecule has 0 saturated heterocycles. The molecule has 1 aromatic rings. The van der Waals surface area contributed by atoms with Gasteiger partial charge in [0.25, 0.3) is 0 Å². The summed E-state index contributed by atoms with van der Waals surface area (Å²) in [5, 5.41) is 7.86. The summed E-state index contributed by atoms with van der Waals surface area (Å²) in [6, 6.07) is 8.83. The lowest BCUT2D eigenvalue weighted by Crippen LogP contribution is -2.46. The maximum absolute atomic E-state index is 5.35. The van der Waals surface area contributed by atoms with Gasteiger partial charge in [-0.1, -0.05) is 26.0 Å². The molecule has 6 heteroatoms. The molecular weight excluding hydrogens is 445 g/mol. The molecule has 1 fully saturated rings. The van der Waals surface area contributed by atoms with E-state index in [4.69, 9.17) is 4.74 Å². The summed E-state index contributed by atoms with van der Waals surface area (Å²) in [4.78, 5) is 4.40. The van der Waals surface area contributed by atoms with E-state index >= 15 is 0 Å². The first kappa shape index (κ1) is 22.4. The van der Waals surface area contributed by atoms with Gasteiger partial charge < -0.3 is 15.4 Å². The van der Waals surface area contributed by atoms with Gasteiger partial charge in [-0.15, -0.1) is 24.0 Å². The van der Waals surface area contributed by atoms with E-state index in [9.17, 15) is 0 Å². The van der Waals surface area contributed by atoms with Crippen LogP contribution in [-0.2, 0) is 5.41 Å². The van der Waals surface area contributed by atoms with Crippen molar-refractivity contribution in [3.8, 4) is 5.75 Å². The maximum Gasteiger partial charge on any atom is 0.191 e. The van der Waals surface area contributed by atoms with Crippen LogP contribution in [0.2, 0.25) is 0 Å². The summed E-state index contributed by atoms with van der Waals surface area (Å²) in [7, 11) is 3.55. The van der Waals surface area contributed by atoms with Crippen molar-refractivity contribution >= 4 is 41.7 Å². The van der Waals surface area contributed by atoms with Gasteiger partial charge in [-0.3, -0.25) is 4.99 Å². The zero-order valence-electron chi connectivity index (χ0n) is 16.0. The van der Waals surface area contributed by atoms with E-state index in [1.807, 2.05) is 30.9 Å². The van der Waals surface area contributed by atoms with Crippen LogP contribution in [0.3, 0.4) is 0 Å². The second-order valence-corrected chi connectivity index (χ2v) is 8.19. The molecule has 1 aromatic carbocycles. The number of benzene rings is 1. The van der Waals surface area contributed by atoms with Crippen LogP contribution in [0.5, 0.6) is 5.75 Å². The smallest absolute Gasteiger partial charge is 0.191 e. The van der Waals surface area contributed by atoms with E-state index in [1.54, 1.807) is 7.11 Å². The third-order valence-electron chi connectivity index (χ3n) is 4.83. The number of aliphatic imine (C=N–C) groups is 1. The van der Waals surface area contributed by atoms with Crippen LogP contribution in [-0.4, -0.2) is 44.2 Å². The van der Waals surface area contributed by atoms with Crippen molar-refractivity contribution in [3.05, 3.63) is 29.8 Å². The Morgan fingerprint density at radius 3 is 2.72 bits per heavy atom. The van der Waals surface area contributed by atoms with Crippen molar-refractivity contribution in [2.45, 2.75) is 49.8 Å². The molecule has 0 amide bonds. The highest BCUT2D eigenvalue weighted by Gasteiger charge is 2.26. The molecule has 0 heterocycles. The van der Waals surface area contributed by atoms with Gasteiger partial charge in [-0.2, -0.15) is 11.8 Å². The predicted octanol–water partition coefficient (Wildman–Crippen LogP) is 4.04. The van der Waals surface area contributed by atoms with Crippen molar-refractivity contribution < 1.29 is 4.74 Å². The normalized spacial score (nSPS) is 20.8. The number of halogens is 1. The Kier molecular flexibility index (Phi) is 9.41. The van der Waals surface area contributed by atoms with Gasteiger partial charge in [0.05, 0.1) is 7.11 Å². The zero-order chi connectivity index (χ0) is 17.6. The van der Waals surface area contributed by atoms with E-state index in [0.717, 1.165) is 23.5 Å². The lowest BCUT2D eigenvalue weighted by Gasteiger charge is -2.28. The summed E-state index contributed by atoms with van der Waals surface area (Å²) in [6.45, 7) is 5.29. The van der Waals surface area contributed by atoms with Crippen molar-refractivity contribution in [2.24, 2.45) is 4.99 Å². The van der Waals surface area contributed by atoms with E-state index in [0.29, 0.717) is 6.04 Å². The summed E-state index contributed by atoms with van der Waals surface area (Å²) in [5.74, 6) is 1.80. The lowest BCUT2D eigenvalue weighted by molar-refractivity contribution is 0.411. The largest absolute Gasteiger partial charge is 0.497 e. The summed E-state index contributed by atoms with van der Waals surface area (Å²) in [5.41, 5.74) is 1.25. The molecule has 1 saturated carbocycles. The fourth-order valence-corrected chi connectivity index (χ4v) is 3.92. The van der Waals surface area contributed by atoms with Gasteiger partial charge >= 0.3 is 0 Å². The molecular formula is C19H32IN3OS. The van der Waals surface area contributed by atoms with Gasteiger partial charge in [0.15, 0.2) is 5.96 Å². The second kappa shape index (κ2) is 10.5. The van der Waals surface area contributed by atoms with Crippen LogP contribution >= 0.6 is 35.7 Å². The SMILES string of the molecule is CN=C(NCC(C)(C)c1cccc(OC)c1)NC1CCC(SC)C1.I. The Bertz CT molecular complexity index is 565. The highest BCUT2D eigenvalue weighted by Crippen LogP contribution is 2.28. The average molecular weight is 477 g/mol. The van der Waals surface area contributed by atoms with Gasteiger partial charge in [-0.25, -0.2) is 0 Å². The van der Waals surface area contributed by atoms with E-state index in [2.05, 4.69) is 47.9 Å². The van der Waals surface area contributed by atoms with Crippen LogP contribution in [0.25, 0.3) is 0 Å². The summed E-state index contributed by atoms with van der Waals surface area (Å²) >= 11 is 1.98. The third-order valence-corrected chi connectivity index (χ3v) is 5.93. The number of guanidine groups is 1. The Hall–Kier alpha value is -0.630. The zero-order valence-corrected chi connectivity index (χ0v) is 19.1. The number of rotatable bonds is 6. The van der Waals surface area contributed by atoms with Gasteiger partial charge in [0.2, 0.25) is 0 Å². The average Bonchev–Trinajstić information content (AvgIpc) is 3.06. The van der Waals surface area contributed by atoms with E-state index in [-0.39, 0.29) is 29.4 Å².